The Balaban J connectivity index is 3.02. The number of unbranched alkanes of at least 4 members (excludes halogenated alkanes) is 1. The minimum Gasteiger partial charge on any atom is -0.468 e. The van der Waals surface area contributed by atoms with Crippen molar-refractivity contribution in [1.29, 1.82) is 0 Å². The third-order valence-corrected chi connectivity index (χ3v) is 2.35. The molecule has 12 heavy (non-hydrogen) atoms. The molecule has 0 spiro atoms. The lowest BCUT2D eigenvalue weighted by Crippen LogP contribution is -2.00. The summed E-state index contributed by atoms with van der Waals surface area (Å²) in [5.41, 5.74) is 0. The number of ether oxygens (including phenoxy) is 1. The molecule has 0 aromatic rings. The lowest BCUT2D eigenvalue weighted by Gasteiger charge is -2.07. The quantitative estimate of drug-likeness (QED) is 0.362. The van der Waals surface area contributed by atoms with E-state index < -0.39 is 0 Å². The first-order chi connectivity index (χ1) is 5.81. The Bertz CT molecular complexity index is 109. The van der Waals surface area contributed by atoms with Gasteiger partial charge in [0.15, 0.2) is 0 Å². The van der Waals surface area contributed by atoms with Gasteiger partial charge in [-0.1, -0.05) is 0 Å². The predicted molar refractivity (Wildman–Crippen MR) is 57.1 cm³/mol. The molecule has 0 bridgehead atoms. The zero-order chi connectivity index (χ0) is 9.23. The number of hydrogen-bond acceptors (Lipinski definition) is 4. The minimum atomic E-state index is 0.443. The van der Waals surface area contributed by atoms with Crippen LogP contribution in [-0.2, 0) is 9.53 Å². The van der Waals surface area contributed by atoms with Crippen molar-refractivity contribution in [3.63, 3.8) is 0 Å². The lowest BCUT2D eigenvalue weighted by atomic mass is 10.1. The highest BCUT2D eigenvalue weighted by Gasteiger charge is 2.00. The van der Waals surface area contributed by atoms with E-state index in [1.54, 1.807) is 0 Å². The van der Waals surface area contributed by atoms with Crippen LogP contribution in [0.15, 0.2) is 0 Å². The average molecular weight is 208 g/mol. The van der Waals surface area contributed by atoms with Crippen LogP contribution >= 0.6 is 25.3 Å². The number of carbonyl (C=O) groups is 1. The second kappa shape index (κ2) is 9.26. The van der Waals surface area contributed by atoms with Crippen LogP contribution in [0.3, 0.4) is 0 Å². The van der Waals surface area contributed by atoms with Gasteiger partial charge in [0.2, 0.25) is 0 Å². The Morgan fingerprint density at radius 3 is 2.67 bits per heavy atom. The van der Waals surface area contributed by atoms with Crippen LogP contribution in [0.5, 0.6) is 0 Å². The Hall–Kier alpha value is 0.170. The maximum absolute atomic E-state index is 9.76. The van der Waals surface area contributed by atoms with Crippen molar-refractivity contribution in [2.75, 3.05) is 12.4 Å². The molecule has 0 saturated heterocycles. The summed E-state index contributed by atoms with van der Waals surface area (Å²) in [6.45, 7) is 1.02. The number of thiol groups is 2. The summed E-state index contributed by atoms with van der Waals surface area (Å²) in [6.07, 6.45) is 4.12. The maximum atomic E-state index is 9.76. The second-order valence-corrected chi connectivity index (χ2v) is 3.81. The van der Waals surface area contributed by atoms with E-state index in [0.29, 0.717) is 18.3 Å². The van der Waals surface area contributed by atoms with Crippen LogP contribution in [0.4, 0.5) is 0 Å². The molecule has 0 N–H and O–H groups in total. The smallest absolute Gasteiger partial charge is 0.293 e. The van der Waals surface area contributed by atoms with Crippen LogP contribution in [0.2, 0.25) is 0 Å². The van der Waals surface area contributed by atoms with Gasteiger partial charge in [0.1, 0.15) is 0 Å². The molecule has 0 aromatic carbocycles. The molecule has 0 aromatic heterocycles. The molecule has 0 radical (unpaired) electrons. The first kappa shape index (κ1) is 12.2. The highest BCUT2D eigenvalue weighted by Crippen LogP contribution is 2.11. The summed E-state index contributed by atoms with van der Waals surface area (Å²) in [5.74, 6) is 0.888. The van der Waals surface area contributed by atoms with Crippen molar-refractivity contribution in [2.45, 2.75) is 30.9 Å². The standard InChI is InChI=1S/C8H16O2S2/c9-7-10-5-2-1-3-8(12)4-6-11/h7-8,11-12H,1-6H2. The molecule has 0 aliphatic heterocycles. The molecule has 1 atom stereocenters. The zero-order valence-electron chi connectivity index (χ0n) is 7.11. The molecule has 72 valence electrons. The van der Waals surface area contributed by atoms with Crippen LogP contribution in [-0.4, -0.2) is 24.1 Å². The highest BCUT2D eigenvalue weighted by molar-refractivity contribution is 7.81. The van der Waals surface area contributed by atoms with Crippen molar-refractivity contribution in [3.8, 4) is 0 Å². The summed E-state index contributed by atoms with van der Waals surface area (Å²) >= 11 is 8.49. The molecule has 0 heterocycles. The first-order valence-corrected chi connectivity index (χ1v) is 5.30. The van der Waals surface area contributed by atoms with Crippen molar-refractivity contribution in [3.05, 3.63) is 0 Å². The first-order valence-electron chi connectivity index (χ1n) is 4.15. The SMILES string of the molecule is O=COCCCCC(S)CCS. The van der Waals surface area contributed by atoms with E-state index in [-0.39, 0.29) is 0 Å². The molecular formula is C8H16O2S2. The van der Waals surface area contributed by atoms with Crippen molar-refractivity contribution >= 4 is 31.7 Å². The Labute approximate surface area is 84.9 Å². The summed E-state index contributed by atoms with van der Waals surface area (Å²) < 4.78 is 4.55. The van der Waals surface area contributed by atoms with Gasteiger partial charge in [-0.2, -0.15) is 25.3 Å². The van der Waals surface area contributed by atoms with Gasteiger partial charge in [-0.25, -0.2) is 0 Å². The van der Waals surface area contributed by atoms with E-state index in [1.807, 2.05) is 0 Å². The van der Waals surface area contributed by atoms with Crippen LogP contribution in [0.1, 0.15) is 25.7 Å². The van der Waals surface area contributed by atoms with E-state index in [2.05, 4.69) is 30.0 Å². The number of carbonyl (C=O) groups excluding carboxylic acids is 1. The fourth-order valence-electron chi connectivity index (χ4n) is 0.907. The van der Waals surface area contributed by atoms with Crippen molar-refractivity contribution in [1.82, 2.24) is 0 Å². The van der Waals surface area contributed by atoms with Crippen LogP contribution in [0.25, 0.3) is 0 Å². The van der Waals surface area contributed by atoms with E-state index in [4.69, 9.17) is 0 Å². The van der Waals surface area contributed by atoms with Crippen molar-refractivity contribution in [2.24, 2.45) is 0 Å². The second-order valence-electron chi connectivity index (χ2n) is 2.63. The molecule has 1 unspecified atom stereocenters. The molecule has 0 aliphatic carbocycles. The summed E-state index contributed by atoms with van der Waals surface area (Å²) in [5, 5.41) is 0.443. The van der Waals surface area contributed by atoms with Gasteiger partial charge in [-0.3, -0.25) is 4.79 Å². The Morgan fingerprint density at radius 2 is 2.08 bits per heavy atom. The van der Waals surface area contributed by atoms with Gasteiger partial charge in [-0.05, 0) is 31.4 Å². The topological polar surface area (TPSA) is 26.3 Å². The monoisotopic (exact) mass is 208 g/mol. The number of hydrogen-bond donors (Lipinski definition) is 2. The van der Waals surface area contributed by atoms with Gasteiger partial charge in [0, 0.05) is 5.25 Å². The third-order valence-electron chi connectivity index (χ3n) is 1.58. The largest absolute Gasteiger partial charge is 0.468 e. The van der Waals surface area contributed by atoms with Gasteiger partial charge < -0.3 is 4.74 Å². The normalized spacial score (nSPS) is 12.5. The van der Waals surface area contributed by atoms with E-state index >= 15 is 0 Å². The molecule has 0 fully saturated rings. The fraction of sp³-hybridized carbons (Fsp3) is 0.875. The maximum Gasteiger partial charge on any atom is 0.293 e. The summed E-state index contributed by atoms with van der Waals surface area (Å²) in [7, 11) is 0. The molecular weight excluding hydrogens is 192 g/mol. The zero-order valence-corrected chi connectivity index (χ0v) is 8.90. The van der Waals surface area contributed by atoms with Gasteiger partial charge in [0.25, 0.3) is 6.47 Å². The number of rotatable bonds is 8. The fourth-order valence-corrected chi connectivity index (χ4v) is 1.73. The Kier molecular flexibility index (Phi) is 9.39. The summed E-state index contributed by atoms with van der Waals surface area (Å²) in [4.78, 5) is 9.76. The summed E-state index contributed by atoms with van der Waals surface area (Å²) in [6, 6.07) is 0. The minimum absolute atomic E-state index is 0.443. The molecule has 0 rings (SSSR count). The lowest BCUT2D eigenvalue weighted by molar-refractivity contribution is -0.128. The molecule has 4 heteroatoms. The van der Waals surface area contributed by atoms with Gasteiger partial charge in [-0.15, -0.1) is 0 Å². The predicted octanol–water partition coefficient (Wildman–Crippen LogP) is 1.95. The highest BCUT2D eigenvalue weighted by atomic mass is 32.1. The van der Waals surface area contributed by atoms with Crippen LogP contribution < -0.4 is 0 Å². The van der Waals surface area contributed by atoms with Gasteiger partial charge in [0.05, 0.1) is 6.61 Å². The van der Waals surface area contributed by atoms with Crippen LogP contribution in [0, 0.1) is 0 Å². The molecule has 0 aliphatic rings. The van der Waals surface area contributed by atoms with Gasteiger partial charge >= 0.3 is 0 Å². The molecule has 0 saturated carbocycles. The third kappa shape index (κ3) is 8.27. The van der Waals surface area contributed by atoms with E-state index in [0.717, 1.165) is 31.4 Å². The average Bonchev–Trinajstić information content (AvgIpc) is 2.05. The molecule has 0 amide bonds. The molecule has 2 nitrogen and oxygen atoms in total. The Morgan fingerprint density at radius 1 is 1.33 bits per heavy atom. The van der Waals surface area contributed by atoms with E-state index in [1.165, 1.54) is 0 Å². The van der Waals surface area contributed by atoms with E-state index in [9.17, 15) is 4.79 Å². The van der Waals surface area contributed by atoms with Crippen molar-refractivity contribution < 1.29 is 9.53 Å².